The van der Waals surface area contributed by atoms with Crippen LogP contribution in [0.1, 0.15) is 96.0 Å². The Morgan fingerprint density at radius 3 is 2.05 bits per heavy atom. The maximum Gasteiger partial charge on any atom is 0.0502 e. The van der Waals surface area contributed by atoms with Gasteiger partial charge in [-0.25, -0.2) is 0 Å². The fourth-order valence-corrected chi connectivity index (χ4v) is 11.5. The predicted molar refractivity (Wildman–Crippen MR) is 249 cm³/mol. The number of anilines is 4. The average Bonchev–Trinajstić information content (AvgIpc) is 3.71. The lowest BCUT2D eigenvalue weighted by molar-refractivity contribution is 0.629. The molecule has 0 N–H and O–H groups in total. The van der Waals surface area contributed by atoms with E-state index in [4.69, 9.17) is 0 Å². The van der Waals surface area contributed by atoms with Gasteiger partial charge in [0.05, 0.1) is 11.4 Å². The first-order valence-corrected chi connectivity index (χ1v) is 21.5. The summed E-state index contributed by atoms with van der Waals surface area (Å²) in [5, 5.41) is 2.76. The van der Waals surface area contributed by atoms with Crippen molar-refractivity contribution >= 4 is 45.7 Å². The summed E-state index contributed by atoms with van der Waals surface area (Å²) in [6, 6.07) is 52.8. The first kappa shape index (κ1) is 34.6. The molecule has 2 heteroatoms. The highest BCUT2D eigenvalue weighted by Crippen LogP contribution is 2.55. The first-order valence-electron chi connectivity index (χ1n) is 21.5. The zero-order valence-corrected chi connectivity index (χ0v) is 34.3. The van der Waals surface area contributed by atoms with Crippen molar-refractivity contribution in [2.75, 3.05) is 16.3 Å². The summed E-state index contributed by atoms with van der Waals surface area (Å²) < 4.78 is 0. The molecule has 5 aliphatic rings. The van der Waals surface area contributed by atoms with E-state index < -0.39 is 0 Å². The summed E-state index contributed by atoms with van der Waals surface area (Å²) in [7, 11) is 0. The third kappa shape index (κ3) is 4.99. The van der Waals surface area contributed by atoms with Gasteiger partial charge in [0.25, 0.3) is 0 Å². The highest BCUT2D eigenvalue weighted by Gasteiger charge is 2.40. The first-order chi connectivity index (χ1) is 28.8. The Hall–Kier alpha value is -6.38. The Kier molecular flexibility index (Phi) is 7.37. The van der Waals surface area contributed by atoms with E-state index in [1.807, 2.05) is 0 Å². The molecule has 2 aliphatic heterocycles. The molecule has 0 bridgehead atoms. The van der Waals surface area contributed by atoms with E-state index in [0.29, 0.717) is 5.92 Å². The molecular formula is C57H48N2. The van der Waals surface area contributed by atoms with Crippen LogP contribution in [-0.2, 0) is 17.3 Å². The minimum Gasteiger partial charge on any atom is -0.341 e. The lowest BCUT2D eigenvalue weighted by Gasteiger charge is -2.43. The van der Waals surface area contributed by atoms with E-state index >= 15 is 0 Å². The summed E-state index contributed by atoms with van der Waals surface area (Å²) in [6.07, 6.45) is 14.4. The molecular weight excluding hydrogens is 713 g/mol. The minimum absolute atomic E-state index is 0.0734. The third-order valence-corrected chi connectivity index (χ3v) is 14.5. The molecule has 0 saturated carbocycles. The van der Waals surface area contributed by atoms with Crippen molar-refractivity contribution < 1.29 is 0 Å². The Bertz CT molecular complexity index is 2960. The van der Waals surface area contributed by atoms with Crippen molar-refractivity contribution in [3.63, 3.8) is 0 Å². The number of benzene rings is 7. The minimum atomic E-state index is -0.0907. The van der Waals surface area contributed by atoms with Gasteiger partial charge >= 0.3 is 0 Å². The molecule has 0 fully saturated rings. The van der Waals surface area contributed by atoms with Crippen molar-refractivity contribution in [1.29, 1.82) is 0 Å². The molecule has 12 rings (SSSR count). The SMILES string of the molecule is CC1(C)c2cc(/C=C/c3ccc4c5c(cccc35)C3C=C(N5c6ccccc6C(C)(C)c6ccccc65)C=CC43)ccc2-c2ccc(N3CCCc4ccccc43)cc21. The highest BCUT2D eigenvalue weighted by atomic mass is 15.2. The third-order valence-electron chi connectivity index (χ3n) is 14.5. The Morgan fingerprint density at radius 2 is 1.25 bits per heavy atom. The van der Waals surface area contributed by atoms with Gasteiger partial charge in [-0.2, -0.15) is 0 Å². The van der Waals surface area contributed by atoms with Gasteiger partial charge in [-0.05, 0) is 121 Å². The molecule has 2 heterocycles. The van der Waals surface area contributed by atoms with Crippen LogP contribution in [0.25, 0.3) is 34.1 Å². The van der Waals surface area contributed by atoms with Gasteiger partial charge in [0.2, 0.25) is 0 Å². The maximum atomic E-state index is 2.54. The van der Waals surface area contributed by atoms with Crippen LogP contribution < -0.4 is 9.80 Å². The second-order valence-electron chi connectivity index (χ2n) is 18.4. The number of fused-ring (bicyclic) bond motifs is 9. The molecule has 0 saturated heterocycles. The Morgan fingerprint density at radius 1 is 0.576 bits per heavy atom. The number of aryl methyl sites for hydroxylation is 1. The van der Waals surface area contributed by atoms with E-state index in [1.165, 1.54) is 107 Å². The maximum absolute atomic E-state index is 2.54. The normalized spacial score (nSPS) is 19.8. The van der Waals surface area contributed by atoms with Gasteiger partial charge in [-0.1, -0.05) is 161 Å². The molecule has 0 spiro atoms. The van der Waals surface area contributed by atoms with Crippen LogP contribution in [0.2, 0.25) is 0 Å². The summed E-state index contributed by atoms with van der Waals surface area (Å²) in [5.41, 5.74) is 21.4. The van der Waals surface area contributed by atoms with E-state index in [9.17, 15) is 0 Å². The van der Waals surface area contributed by atoms with Crippen molar-refractivity contribution in [2.24, 2.45) is 0 Å². The van der Waals surface area contributed by atoms with Crippen molar-refractivity contribution in [1.82, 2.24) is 0 Å². The zero-order valence-electron chi connectivity index (χ0n) is 34.3. The molecule has 0 aromatic heterocycles. The van der Waals surface area contributed by atoms with Gasteiger partial charge in [0.1, 0.15) is 0 Å². The molecule has 7 aromatic rings. The van der Waals surface area contributed by atoms with Gasteiger partial charge in [0.15, 0.2) is 0 Å². The topological polar surface area (TPSA) is 6.48 Å². The molecule has 7 aromatic carbocycles. The molecule has 2 nitrogen and oxygen atoms in total. The van der Waals surface area contributed by atoms with Crippen LogP contribution in [0.5, 0.6) is 0 Å². The average molecular weight is 761 g/mol. The number of nitrogens with zero attached hydrogens (tertiary/aromatic N) is 2. The quantitative estimate of drug-likeness (QED) is 0.165. The van der Waals surface area contributed by atoms with Gasteiger partial charge in [-0.15, -0.1) is 0 Å². The van der Waals surface area contributed by atoms with Gasteiger partial charge in [-0.3, -0.25) is 0 Å². The van der Waals surface area contributed by atoms with Crippen molar-refractivity contribution in [3.8, 4) is 11.1 Å². The monoisotopic (exact) mass is 760 g/mol. The molecule has 3 aliphatic carbocycles. The second-order valence-corrected chi connectivity index (χ2v) is 18.4. The number of para-hydroxylation sites is 3. The molecule has 0 amide bonds. The van der Waals surface area contributed by atoms with E-state index in [1.54, 1.807) is 0 Å². The Balaban J connectivity index is 0.869. The van der Waals surface area contributed by atoms with Crippen LogP contribution >= 0.6 is 0 Å². The lowest BCUT2D eigenvalue weighted by atomic mass is 9.73. The fourth-order valence-electron chi connectivity index (χ4n) is 11.5. The molecule has 286 valence electrons. The van der Waals surface area contributed by atoms with Gasteiger partial charge in [0, 0.05) is 46.3 Å². The zero-order chi connectivity index (χ0) is 39.6. The van der Waals surface area contributed by atoms with Crippen LogP contribution in [0, 0.1) is 0 Å². The highest BCUT2D eigenvalue weighted by molar-refractivity contribution is 6.00. The Labute approximate surface area is 348 Å². The van der Waals surface area contributed by atoms with Crippen LogP contribution in [0.4, 0.5) is 22.7 Å². The number of allylic oxidation sites excluding steroid dienone is 3. The number of hydrogen-bond donors (Lipinski definition) is 0. The molecule has 2 atom stereocenters. The number of rotatable bonds is 4. The molecule has 0 radical (unpaired) electrons. The van der Waals surface area contributed by atoms with Gasteiger partial charge < -0.3 is 9.80 Å². The lowest BCUT2D eigenvalue weighted by Crippen LogP contribution is -2.32. The standard InChI is InChI=1S/C57H48N2/c1-56(2)48-17-6-9-20-53(48)59(54-21-10-7-18-49(54)56)40-27-30-42-46-29-25-37(41-15-11-16-45(55(41)46)47(42)34-40)24-22-36-23-28-43-44-31-26-39(35-51(44)57(3,4)50(43)33-36)58-32-12-14-38-13-5-8-19-52(38)58/h5-11,13,15-31,33-35,42,47H,12,14,32H2,1-4H3/b24-22+. The smallest absolute Gasteiger partial charge is 0.0502 e. The summed E-state index contributed by atoms with van der Waals surface area (Å²) >= 11 is 0. The van der Waals surface area contributed by atoms with E-state index in [-0.39, 0.29) is 16.7 Å². The largest absolute Gasteiger partial charge is 0.341 e. The molecule has 2 unspecified atom stereocenters. The second kappa shape index (κ2) is 12.6. The van der Waals surface area contributed by atoms with Crippen LogP contribution in [-0.4, -0.2) is 6.54 Å². The summed E-state index contributed by atoms with van der Waals surface area (Å²) in [4.78, 5) is 5.03. The number of hydrogen-bond acceptors (Lipinski definition) is 2. The van der Waals surface area contributed by atoms with Crippen LogP contribution in [0.15, 0.2) is 163 Å². The van der Waals surface area contributed by atoms with E-state index in [2.05, 4.69) is 207 Å². The van der Waals surface area contributed by atoms with Crippen molar-refractivity contribution in [3.05, 3.63) is 214 Å². The summed E-state index contributed by atoms with van der Waals surface area (Å²) in [5.74, 6) is 0.613. The summed E-state index contributed by atoms with van der Waals surface area (Å²) in [6.45, 7) is 10.6. The predicted octanol–water partition coefficient (Wildman–Crippen LogP) is 14.5. The van der Waals surface area contributed by atoms with E-state index in [0.717, 1.165) is 13.0 Å². The van der Waals surface area contributed by atoms with Crippen molar-refractivity contribution in [2.45, 2.75) is 63.2 Å². The molecule has 59 heavy (non-hydrogen) atoms. The fraction of sp³-hybridized carbons (Fsp3) is 0.193. The van der Waals surface area contributed by atoms with Crippen LogP contribution in [0.3, 0.4) is 0 Å².